The molecule has 3 amide bonds. The van der Waals surface area contributed by atoms with Gasteiger partial charge >= 0.3 is 0 Å². The number of aliphatic carboxylic acids is 1. The molecule has 12 nitrogen and oxygen atoms in total. The summed E-state index contributed by atoms with van der Waals surface area (Å²) in [6, 6.07) is 4.72. The van der Waals surface area contributed by atoms with Crippen molar-refractivity contribution < 1.29 is 33.8 Å². The molecular weight excluding hydrogens is 526 g/mol. The maximum absolute atomic E-state index is 13.2. The SMILES string of the molecule is CC(=O)O.COc1ccc2c(c1)OCCNC(=O)CN(C(=O)c1csc([C@@H](N)CC(C)C)n1)CCCNC2=O. The lowest BCUT2D eigenvalue weighted by atomic mass is 10.1. The van der Waals surface area contributed by atoms with E-state index >= 15 is 0 Å². The number of nitrogens with one attached hydrogen (secondary N) is 2. The van der Waals surface area contributed by atoms with Crippen LogP contribution in [-0.2, 0) is 9.59 Å². The first-order valence-electron chi connectivity index (χ1n) is 12.6. The van der Waals surface area contributed by atoms with E-state index in [0.29, 0.717) is 41.0 Å². The molecule has 3 rings (SSSR count). The summed E-state index contributed by atoms with van der Waals surface area (Å²) in [4.78, 5) is 53.3. The van der Waals surface area contributed by atoms with Crippen molar-refractivity contribution in [3.8, 4) is 11.5 Å². The van der Waals surface area contributed by atoms with Crippen LogP contribution in [0.4, 0.5) is 0 Å². The van der Waals surface area contributed by atoms with Crippen LogP contribution in [0.5, 0.6) is 11.5 Å². The van der Waals surface area contributed by atoms with E-state index in [-0.39, 0.29) is 55.7 Å². The number of carboxylic acids is 1. The van der Waals surface area contributed by atoms with Crippen LogP contribution in [0.2, 0.25) is 0 Å². The molecule has 0 unspecified atom stereocenters. The molecule has 0 radical (unpaired) electrons. The van der Waals surface area contributed by atoms with Crippen molar-refractivity contribution in [2.45, 2.75) is 39.7 Å². The number of fused-ring (bicyclic) bond motifs is 1. The van der Waals surface area contributed by atoms with Gasteiger partial charge in [0.25, 0.3) is 17.8 Å². The number of aromatic nitrogens is 1. The number of ether oxygens (including phenoxy) is 2. The van der Waals surface area contributed by atoms with Crippen LogP contribution in [0.15, 0.2) is 23.6 Å². The Hall–Kier alpha value is -3.71. The number of carbonyl (C=O) groups is 4. The van der Waals surface area contributed by atoms with Crippen LogP contribution < -0.4 is 25.8 Å². The van der Waals surface area contributed by atoms with Crippen molar-refractivity contribution in [2.24, 2.45) is 11.7 Å². The van der Waals surface area contributed by atoms with Gasteiger partial charge in [-0.15, -0.1) is 11.3 Å². The molecule has 0 saturated heterocycles. The van der Waals surface area contributed by atoms with Gasteiger partial charge in [0.15, 0.2) is 0 Å². The van der Waals surface area contributed by atoms with Crippen molar-refractivity contribution in [3.63, 3.8) is 0 Å². The normalized spacial score (nSPS) is 15.4. The Balaban J connectivity index is 0.00000124. The van der Waals surface area contributed by atoms with Crippen LogP contribution in [0.1, 0.15) is 65.5 Å². The minimum Gasteiger partial charge on any atom is -0.497 e. The van der Waals surface area contributed by atoms with E-state index in [1.807, 2.05) is 0 Å². The van der Waals surface area contributed by atoms with E-state index in [4.69, 9.17) is 25.1 Å². The van der Waals surface area contributed by atoms with Crippen LogP contribution in [0.3, 0.4) is 0 Å². The van der Waals surface area contributed by atoms with Crippen LogP contribution in [-0.4, -0.2) is 78.6 Å². The second kappa shape index (κ2) is 15.6. The predicted molar refractivity (Wildman–Crippen MR) is 146 cm³/mol. The third kappa shape index (κ3) is 10.5. The number of rotatable bonds is 5. The Kier molecular flexibility index (Phi) is 12.6. The van der Waals surface area contributed by atoms with Gasteiger partial charge in [-0.25, -0.2) is 4.98 Å². The van der Waals surface area contributed by atoms with E-state index in [1.54, 1.807) is 23.6 Å². The molecule has 0 saturated carbocycles. The highest BCUT2D eigenvalue weighted by Crippen LogP contribution is 2.25. The number of hydrogen-bond donors (Lipinski definition) is 4. The van der Waals surface area contributed by atoms with Gasteiger partial charge in [-0.1, -0.05) is 13.8 Å². The number of benzene rings is 1. The van der Waals surface area contributed by atoms with E-state index in [2.05, 4.69) is 29.5 Å². The van der Waals surface area contributed by atoms with Gasteiger partial charge in [-0.3, -0.25) is 19.2 Å². The van der Waals surface area contributed by atoms with Crippen molar-refractivity contribution in [1.82, 2.24) is 20.5 Å². The Labute approximate surface area is 231 Å². The molecule has 1 atom stereocenters. The van der Waals surface area contributed by atoms with Gasteiger partial charge < -0.3 is 35.8 Å². The Morgan fingerprint density at radius 2 is 1.97 bits per heavy atom. The average molecular weight is 564 g/mol. The maximum atomic E-state index is 13.2. The molecule has 1 aromatic heterocycles. The summed E-state index contributed by atoms with van der Waals surface area (Å²) in [6.07, 6.45) is 1.23. The fourth-order valence-electron chi connectivity index (χ4n) is 3.66. The zero-order chi connectivity index (χ0) is 28.9. The maximum Gasteiger partial charge on any atom is 0.300 e. The fraction of sp³-hybridized carbons (Fsp3) is 0.500. The predicted octanol–water partition coefficient (Wildman–Crippen LogP) is 2.06. The summed E-state index contributed by atoms with van der Waals surface area (Å²) in [5.41, 5.74) is 6.86. The lowest BCUT2D eigenvalue weighted by Crippen LogP contribution is -2.43. The van der Waals surface area contributed by atoms with Crippen LogP contribution in [0.25, 0.3) is 0 Å². The molecule has 0 bridgehead atoms. The van der Waals surface area contributed by atoms with Gasteiger partial charge in [-0.2, -0.15) is 0 Å². The van der Waals surface area contributed by atoms with E-state index < -0.39 is 5.97 Å². The third-order valence-corrected chi connectivity index (χ3v) is 6.39. The number of thiazole rings is 1. The summed E-state index contributed by atoms with van der Waals surface area (Å²) in [7, 11) is 1.53. The first kappa shape index (κ1) is 31.5. The third-order valence-electron chi connectivity index (χ3n) is 5.41. The number of nitrogens with two attached hydrogens (primary N) is 1. The monoisotopic (exact) mass is 563 g/mol. The van der Waals surface area contributed by atoms with Crippen molar-refractivity contribution >= 4 is 35.0 Å². The van der Waals surface area contributed by atoms with Crippen molar-refractivity contribution in [1.29, 1.82) is 0 Å². The van der Waals surface area contributed by atoms with Gasteiger partial charge in [0, 0.05) is 31.5 Å². The molecule has 2 aromatic rings. The highest BCUT2D eigenvalue weighted by molar-refractivity contribution is 7.09. The van der Waals surface area contributed by atoms with Gasteiger partial charge in [-0.05, 0) is 30.9 Å². The standard InChI is InChI=1S/C24H33N5O5S.C2H4O2/c1-15(2)11-18(25)23-28-19(14-35-23)24(32)29-9-4-7-27-22(31)17-6-5-16(33-3)12-20(17)34-10-8-26-21(30)13-29;1-2(3)4/h5-6,12,14-15,18H,4,7-11,13,25H2,1-3H3,(H,26,30)(H,27,31);1H3,(H,3,4)/t18-;/m0./s1. The zero-order valence-corrected chi connectivity index (χ0v) is 23.5. The van der Waals surface area contributed by atoms with E-state index in [9.17, 15) is 14.4 Å². The second-order valence-corrected chi connectivity index (χ2v) is 10.1. The number of amides is 3. The molecule has 13 heteroatoms. The first-order valence-corrected chi connectivity index (χ1v) is 13.4. The largest absolute Gasteiger partial charge is 0.497 e. The number of carboxylic acid groups (broad SMARTS) is 1. The molecule has 1 aliphatic rings. The molecule has 214 valence electrons. The minimum absolute atomic E-state index is 0.123. The topological polar surface area (TPSA) is 173 Å². The van der Waals surface area contributed by atoms with Gasteiger partial charge in [0.05, 0.1) is 31.8 Å². The summed E-state index contributed by atoms with van der Waals surface area (Å²) in [5, 5.41) is 15.4. The minimum atomic E-state index is -0.833. The Bertz CT molecular complexity index is 1130. The highest BCUT2D eigenvalue weighted by Gasteiger charge is 2.23. The Morgan fingerprint density at radius 1 is 1.26 bits per heavy atom. The Morgan fingerprint density at radius 3 is 2.64 bits per heavy atom. The number of methoxy groups -OCH3 is 1. The van der Waals surface area contributed by atoms with E-state index in [0.717, 1.165) is 13.3 Å². The number of hydrogen-bond acceptors (Lipinski definition) is 9. The number of carbonyl (C=O) groups excluding carboxylic acids is 3. The average Bonchev–Trinajstić information content (AvgIpc) is 3.37. The van der Waals surface area contributed by atoms with E-state index in [1.165, 1.54) is 23.3 Å². The summed E-state index contributed by atoms with van der Waals surface area (Å²) >= 11 is 1.35. The molecule has 1 aromatic carbocycles. The molecule has 0 fully saturated rings. The molecule has 5 N–H and O–H groups in total. The van der Waals surface area contributed by atoms with Gasteiger partial charge in [0.2, 0.25) is 5.91 Å². The second-order valence-electron chi connectivity index (χ2n) is 9.22. The molecule has 2 heterocycles. The smallest absolute Gasteiger partial charge is 0.300 e. The first-order chi connectivity index (χ1) is 18.5. The number of nitrogens with zero attached hydrogens (tertiary/aromatic N) is 2. The molecule has 0 spiro atoms. The fourth-order valence-corrected chi connectivity index (χ4v) is 4.47. The summed E-state index contributed by atoms with van der Waals surface area (Å²) < 4.78 is 10.9. The highest BCUT2D eigenvalue weighted by atomic mass is 32.1. The summed E-state index contributed by atoms with van der Waals surface area (Å²) in [5.74, 6) is -0.420. The van der Waals surface area contributed by atoms with Crippen molar-refractivity contribution in [2.75, 3.05) is 39.9 Å². The lowest BCUT2D eigenvalue weighted by molar-refractivity contribution is -0.134. The zero-order valence-electron chi connectivity index (χ0n) is 22.7. The lowest BCUT2D eigenvalue weighted by Gasteiger charge is -2.22. The van der Waals surface area contributed by atoms with Crippen LogP contribution >= 0.6 is 11.3 Å². The molecule has 1 aliphatic heterocycles. The molecule has 0 aliphatic carbocycles. The summed E-state index contributed by atoms with van der Waals surface area (Å²) in [6.45, 7) is 6.08. The molecular formula is C26H37N5O7S. The van der Waals surface area contributed by atoms with Crippen molar-refractivity contribution in [3.05, 3.63) is 39.8 Å². The van der Waals surface area contributed by atoms with Crippen LogP contribution in [0, 0.1) is 5.92 Å². The molecule has 39 heavy (non-hydrogen) atoms. The van der Waals surface area contributed by atoms with Gasteiger partial charge in [0.1, 0.15) is 28.8 Å². The quantitative estimate of drug-likeness (QED) is 0.425.